The van der Waals surface area contributed by atoms with Crippen LogP contribution in [0.5, 0.6) is 5.75 Å². The molecule has 0 fully saturated rings. The van der Waals surface area contributed by atoms with Crippen molar-refractivity contribution in [2.75, 3.05) is 5.73 Å². The maximum Gasteiger partial charge on any atom is 0.139 e. The second-order valence-corrected chi connectivity index (χ2v) is 7.11. The molecule has 0 aliphatic carbocycles. The van der Waals surface area contributed by atoms with Gasteiger partial charge in [-0.2, -0.15) is 0 Å². The molecule has 0 aliphatic heterocycles. The Hall–Kier alpha value is -3.12. The van der Waals surface area contributed by atoms with Crippen molar-refractivity contribution in [2.24, 2.45) is 0 Å². The number of thiazole rings is 1. The van der Waals surface area contributed by atoms with Crippen molar-refractivity contribution in [3.05, 3.63) is 64.0 Å². The summed E-state index contributed by atoms with van der Waals surface area (Å²) in [4.78, 5) is 8.83. The van der Waals surface area contributed by atoms with E-state index >= 15 is 0 Å². The molecule has 3 aromatic heterocycles. The minimum Gasteiger partial charge on any atom is -0.508 e. The third-order valence-corrected chi connectivity index (χ3v) is 5.15. The summed E-state index contributed by atoms with van der Waals surface area (Å²) >= 11 is 1.58. The van der Waals surface area contributed by atoms with Gasteiger partial charge in [-0.1, -0.05) is 6.07 Å². The predicted octanol–water partition coefficient (Wildman–Crippen LogP) is 4.53. The number of hydrogen-bond acceptors (Lipinski definition) is 5. The number of aryl methyl sites for hydroxylation is 1. The van der Waals surface area contributed by atoms with E-state index in [1.165, 1.54) is 0 Å². The second-order valence-electron chi connectivity index (χ2n) is 6.18. The number of anilines is 1. The molecule has 0 spiro atoms. The number of nitrogen functional groups attached to an aromatic ring is 1. The SMILES string of the molecule is Cc1ccc(O)c(C)c1-c1cn2cc(/C=C/c3nccs3)nc2cc1N. The molecule has 0 saturated heterocycles. The molecule has 4 rings (SSSR count). The third-order valence-electron chi connectivity index (χ3n) is 4.41. The van der Waals surface area contributed by atoms with Gasteiger partial charge < -0.3 is 15.2 Å². The van der Waals surface area contributed by atoms with Crippen molar-refractivity contribution in [3.63, 3.8) is 0 Å². The molecule has 0 atom stereocenters. The predicted molar refractivity (Wildman–Crippen MR) is 107 cm³/mol. The van der Waals surface area contributed by atoms with Gasteiger partial charge in [0.1, 0.15) is 16.4 Å². The zero-order valence-corrected chi connectivity index (χ0v) is 15.3. The lowest BCUT2D eigenvalue weighted by Gasteiger charge is -2.14. The Morgan fingerprint density at radius 3 is 2.81 bits per heavy atom. The molecule has 5 nitrogen and oxygen atoms in total. The number of aromatic hydroxyl groups is 1. The molecule has 0 aliphatic rings. The number of benzene rings is 1. The van der Waals surface area contributed by atoms with E-state index in [1.807, 2.05) is 60.3 Å². The standard InChI is InChI=1S/C20H18N4OS/c1-12-3-5-17(25)13(2)20(12)15-11-24-10-14(23-18(24)9-16(15)21)4-6-19-22-7-8-26-19/h3-11,25H,21H2,1-2H3/b6-4+. The summed E-state index contributed by atoms with van der Waals surface area (Å²) in [6.45, 7) is 3.92. The van der Waals surface area contributed by atoms with Crippen LogP contribution in [0.1, 0.15) is 21.8 Å². The van der Waals surface area contributed by atoms with Crippen LogP contribution in [0.2, 0.25) is 0 Å². The van der Waals surface area contributed by atoms with Crippen molar-refractivity contribution < 1.29 is 5.11 Å². The van der Waals surface area contributed by atoms with Crippen molar-refractivity contribution in [2.45, 2.75) is 13.8 Å². The Morgan fingerprint density at radius 2 is 2.04 bits per heavy atom. The topological polar surface area (TPSA) is 76.4 Å². The summed E-state index contributed by atoms with van der Waals surface area (Å²) in [6.07, 6.45) is 9.58. The monoisotopic (exact) mass is 362 g/mol. The Morgan fingerprint density at radius 1 is 1.19 bits per heavy atom. The number of rotatable bonds is 3. The van der Waals surface area contributed by atoms with Gasteiger partial charge in [-0.15, -0.1) is 11.3 Å². The summed E-state index contributed by atoms with van der Waals surface area (Å²) in [5.41, 5.74) is 12.3. The molecular weight excluding hydrogens is 344 g/mol. The average molecular weight is 362 g/mol. The van der Waals surface area contributed by atoms with E-state index in [-0.39, 0.29) is 5.75 Å². The number of imidazole rings is 1. The quantitative estimate of drug-likeness (QED) is 0.561. The number of phenols is 1. The summed E-state index contributed by atoms with van der Waals surface area (Å²) in [5, 5.41) is 13.0. The fourth-order valence-electron chi connectivity index (χ4n) is 3.08. The Bertz CT molecular complexity index is 1130. The van der Waals surface area contributed by atoms with Gasteiger partial charge in [0.05, 0.1) is 5.69 Å². The van der Waals surface area contributed by atoms with Crippen LogP contribution >= 0.6 is 11.3 Å². The van der Waals surface area contributed by atoms with Gasteiger partial charge in [-0.25, -0.2) is 9.97 Å². The maximum atomic E-state index is 10.1. The van der Waals surface area contributed by atoms with E-state index in [1.54, 1.807) is 23.6 Å². The first kappa shape index (κ1) is 16.4. The fraction of sp³-hybridized carbons (Fsp3) is 0.100. The highest BCUT2D eigenvalue weighted by Gasteiger charge is 2.14. The minimum atomic E-state index is 0.266. The van der Waals surface area contributed by atoms with Crippen LogP contribution in [0.15, 0.2) is 42.2 Å². The maximum absolute atomic E-state index is 10.1. The molecule has 0 saturated carbocycles. The minimum absolute atomic E-state index is 0.266. The molecule has 0 radical (unpaired) electrons. The lowest BCUT2D eigenvalue weighted by molar-refractivity contribution is 0.471. The van der Waals surface area contributed by atoms with Crippen LogP contribution < -0.4 is 5.73 Å². The van der Waals surface area contributed by atoms with Crippen LogP contribution in [0.3, 0.4) is 0 Å². The molecule has 3 N–H and O–H groups in total. The van der Waals surface area contributed by atoms with Gasteiger partial charge in [-0.05, 0) is 48.8 Å². The van der Waals surface area contributed by atoms with Crippen LogP contribution in [0.25, 0.3) is 28.9 Å². The molecule has 1 aromatic carbocycles. The van der Waals surface area contributed by atoms with Gasteiger partial charge >= 0.3 is 0 Å². The fourth-order valence-corrected chi connectivity index (χ4v) is 3.61. The number of nitrogens with zero attached hydrogens (tertiary/aromatic N) is 3. The van der Waals surface area contributed by atoms with Crippen LogP contribution in [-0.2, 0) is 0 Å². The molecule has 0 amide bonds. The molecule has 0 unspecified atom stereocenters. The van der Waals surface area contributed by atoms with Gasteiger partial charge in [0.25, 0.3) is 0 Å². The van der Waals surface area contributed by atoms with Gasteiger partial charge in [0.2, 0.25) is 0 Å². The number of phenolic OH excluding ortho intramolecular Hbond substituents is 1. The van der Waals surface area contributed by atoms with E-state index in [0.29, 0.717) is 5.69 Å². The van der Waals surface area contributed by atoms with Crippen LogP contribution in [0, 0.1) is 13.8 Å². The Labute approximate surface area is 155 Å². The third kappa shape index (κ3) is 2.84. The number of nitrogens with two attached hydrogens (primary N) is 1. The smallest absolute Gasteiger partial charge is 0.139 e. The first-order valence-electron chi connectivity index (χ1n) is 8.18. The molecule has 3 heterocycles. The zero-order valence-electron chi connectivity index (χ0n) is 14.5. The molecular formula is C20H18N4OS. The second kappa shape index (κ2) is 6.31. The molecule has 4 aromatic rings. The molecule has 0 bridgehead atoms. The summed E-state index contributed by atoms with van der Waals surface area (Å²) in [7, 11) is 0. The summed E-state index contributed by atoms with van der Waals surface area (Å²) in [6, 6.07) is 5.47. The van der Waals surface area contributed by atoms with Gasteiger partial charge in [-0.3, -0.25) is 0 Å². The van der Waals surface area contributed by atoms with E-state index < -0.39 is 0 Å². The summed E-state index contributed by atoms with van der Waals surface area (Å²) in [5.74, 6) is 0.266. The highest BCUT2D eigenvalue weighted by atomic mass is 32.1. The lowest BCUT2D eigenvalue weighted by Crippen LogP contribution is -1.97. The largest absolute Gasteiger partial charge is 0.508 e. The van der Waals surface area contributed by atoms with Crippen molar-refractivity contribution in [1.82, 2.24) is 14.4 Å². The molecule has 26 heavy (non-hydrogen) atoms. The zero-order chi connectivity index (χ0) is 18.3. The van der Waals surface area contributed by atoms with Gasteiger partial charge in [0, 0.05) is 41.3 Å². The Balaban J connectivity index is 1.81. The van der Waals surface area contributed by atoms with E-state index in [0.717, 1.165) is 38.6 Å². The van der Waals surface area contributed by atoms with E-state index in [9.17, 15) is 5.11 Å². The van der Waals surface area contributed by atoms with Crippen molar-refractivity contribution in [1.29, 1.82) is 0 Å². The highest BCUT2D eigenvalue weighted by molar-refractivity contribution is 7.10. The number of pyridine rings is 1. The normalized spacial score (nSPS) is 11.6. The number of hydrogen-bond donors (Lipinski definition) is 2. The number of aromatic nitrogens is 3. The Kier molecular flexibility index (Phi) is 3.97. The lowest BCUT2D eigenvalue weighted by atomic mass is 9.95. The van der Waals surface area contributed by atoms with Crippen molar-refractivity contribution in [3.8, 4) is 16.9 Å². The summed E-state index contributed by atoms with van der Waals surface area (Å²) < 4.78 is 1.95. The van der Waals surface area contributed by atoms with Crippen molar-refractivity contribution >= 4 is 34.8 Å². The first-order chi connectivity index (χ1) is 12.5. The van der Waals surface area contributed by atoms with E-state index in [4.69, 9.17) is 5.73 Å². The first-order valence-corrected chi connectivity index (χ1v) is 9.06. The molecule has 130 valence electrons. The average Bonchev–Trinajstić information content (AvgIpc) is 3.26. The highest BCUT2D eigenvalue weighted by Crippen LogP contribution is 2.36. The molecule has 6 heteroatoms. The van der Waals surface area contributed by atoms with Crippen LogP contribution in [0.4, 0.5) is 5.69 Å². The number of fused-ring (bicyclic) bond motifs is 1. The van der Waals surface area contributed by atoms with Crippen LogP contribution in [-0.4, -0.2) is 19.5 Å². The van der Waals surface area contributed by atoms with E-state index in [2.05, 4.69) is 9.97 Å². The van der Waals surface area contributed by atoms with Gasteiger partial charge in [0.15, 0.2) is 0 Å².